The van der Waals surface area contributed by atoms with E-state index in [9.17, 15) is 18.0 Å². The largest absolute Gasteiger partial charge is 0.397 e. The van der Waals surface area contributed by atoms with Crippen LogP contribution < -0.4 is 5.32 Å². The van der Waals surface area contributed by atoms with Crippen LogP contribution in [-0.4, -0.2) is 24.5 Å². The molecule has 0 radical (unpaired) electrons. The van der Waals surface area contributed by atoms with Crippen molar-refractivity contribution in [2.24, 2.45) is 5.41 Å². The van der Waals surface area contributed by atoms with E-state index in [1.807, 2.05) is 0 Å². The van der Waals surface area contributed by atoms with Crippen LogP contribution >= 0.6 is 11.6 Å². The van der Waals surface area contributed by atoms with Crippen LogP contribution in [0.25, 0.3) is 0 Å². The summed E-state index contributed by atoms with van der Waals surface area (Å²) in [5.74, 6) is -0.580. The lowest BCUT2D eigenvalue weighted by Crippen LogP contribution is -2.38. The highest BCUT2D eigenvalue weighted by Crippen LogP contribution is 2.38. The Balaban J connectivity index is 2.35. The predicted molar refractivity (Wildman–Crippen MR) is 55.3 cm³/mol. The number of hydrogen-bond donors (Lipinski definition) is 1. The van der Waals surface area contributed by atoms with Gasteiger partial charge in [-0.05, 0) is 12.8 Å². The minimum absolute atomic E-state index is 0.192. The van der Waals surface area contributed by atoms with Gasteiger partial charge < -0.3 is 5.32 Å². The zero-order chi connectivity index (χ0) is 12.2. The van der Waals surface area contributed by atoms with Crippen LogP contribution in [0, 0.1) is 5.41 Å². The molecule has 1 aliphatic rings. The van der Waals surface area contributed by atoms with E-state index < -0.39 is 18.5 Å². The zero-order valence-electron chi connectivity index (χ0n) is 8.87. The third-order valence-electron chi connectivity index (χ3n) is 2.97. The molecule has 0 heterocycles. The predicted octanol–water partition coefficient (Wildman–Crippen LogP) is 2.85. The Kier molecular flexibility index (Phi) is 4.47. The first-order valence-corrected chi connectivity index (χ1v) is 5.80. The van der Waals surface area contributed by atoms with E-state index in [2.05, 4.69) is 5.32 Å². The Morgan fingerprint density at radius 1 is 1.31 bits per heavy atom. The summed E-state index contributed by atoms with van der Waals surface area (Å²) < 4.78 is 35.7. The van der Waals surface area contributed by atoms with Gasteiger partial charge >= 0.3 is 6.18 Å². The third kappa shape index (κ3) is 4.20. The molecule has 94 valence electrons. The van der Waals surface area contributed by atoms with Crippen molar-refractivity contribution in [1.29, 1.82) is 0 Å². The summed E-state index contributed by atoms with van der Waals surface area (Å²) in [4.78, 5) is 11.0. The highest BCUT2D eigenvalue weighted by Gasteiger charge is 2.35. The van der Waals surface area contributed by atoms with Gasteiger partial charge in [0.15, 0.2) is 0 Å². The monoisotopic (exact) mass is 257 g/mol. The van der Waals surface area contributed by atoms with Gasteiger partial charge in [0.25, 0.3) is 0 Å². The Bertz CT molecular complexity index is 249. The van der Waals surface area contributed by atoms with Crippen LogP contribution in [0.1, 0.15) is 32.1 Å². The van der Waals surface area contributed by atoms with E-state index in [1.54, 1.807) is 0 Å². The third-order valence-corrected chi connectivity index (χ3v) is 3.54. The van der Waals surface area contributed by atoms with E-state index in [1.165, 1.54) is 0 Å². The molecule has 0 saturated heterocycles. The first-order chi connectivity index (χ1) is 7.37. The van der Waals surface area contributed by atoms with Gasteiger partial charge in [0.2, 0.25) is 5.91 Å². The van der Waals surface area contributed by atoms with Crippen molar-refractivity contribution in [2.75, 3.05) is 12.4 Å². The standard InChI is InChI=1S/C10H15ClF3NO/c11-6-9(3-1-2-4-9)7-15-8(16)5-10(12,13)14/h1-7H2,(H,15,16). The summed E-state index contributed by atoms with van der Waals surface area (Å²) in [5, 5.41) is 2.33. The zero-order valence-corrected chi connectivity index (χ0v) is 9.63. The average molecular weight is 258 g/mol. The average Bonchev–Trinajstić information content (AvgIpc) is 2.61. The van der Waals surface area contributed by atoms with Gasteiger partial charge in [0.1, 0.15) is 6.42 Å². The van der Waals surface area contributed by atoms with Gasteiger partial charge in [0.05, 0.1) is 0 Å². The molecular formula is C10H15ClF3NO. The molecule has 0 bridgehead atoms. The molecule has 1 saturated carbocycles. The van der Waals surface area contributed by atoms with Gasteiger partial charge in [-0.1, -0.05) is 12.8 Å². The maximum absolute atomic E-state index is 11.9. The number of carbonyl (C=O) groups is 1. The Hall–Kier alpha value is -0.450. The molecule has 0 spiro atoms. The second-order valence-electron chi connectivity index (χ2n) is 4.41. The summed E-state index contributed by atoms with van der Waals surface area (Å²) in [6.45, 7) is 0.255. The molecule has 1 fully saturated rings. The second kappa shape index (κ2) is 5.25. The summed E-state index contributed by atoms with van der Waals surface area (Å²) in [5.41, 5.74) is -0.192. The Morgan fingerprint density at radius 2 is 1.88 bits per heavy atom. The SMILES string of the molecule is O=C(CC(F)(F)F)NCC1(CCl)CCCC1. The summed E-state index contributed by atoms with van der Waals surface area (Å²) in [6, 6.07) is 0. The lowest BCUT2D eigenvalue weighted by atomic mass is 9.88. The lowest BCUT2D eigenvalue weighted by molar-refractivity contribution is -0.154. The summed E-state index contributed by atoms with van der Waals surface area (Å²) >= 11 is 5.81. The van der Waals surface area contributed by atoms with E-state index in [4.69, 9.17) is 11.6 Å². The number of carbonyl (C=O) groups excluding carboxylic acids is 1. The number of alkyl halides is 4. The Morgan fingerprint density at radius 3 is 2.31 bits per heavy atom. The van der Waals surface area contributed by atoms with Gasteiger partial charge in [-0.15, -0.1) is 11.6 Å². The van der Waals surface area contributed by atoms with Gasteiger partial charge in [0, 0.05) is 17.8 Å². The van der Waals surface area contributed by atoms with E-state index in [0.717, 1.165) is 25.7 Å². The van der Waals surface area contributed by atoms with Crippen molar-refractivity contribution >= 4 is 17.5 Å². The minimum atomic E-state index is -4.44. The van der Waals surface area contributed by atoms with Crippen LogP contribution in [0.4, 0.5) is 13.2 Å². The fourth-order valence-electron chi connectivity index (χ4n) is 2.01. The molecule has 6 heteroatoms. The van der Waals surface area contributed by atoms with Crippen LogP contribution in [0.5, 0.6) is 0 Å². The molecule has 2 nitrogen and oxygen atoms in total. The van der Waals surface area contributed by atoms with E-state index in [-0.39, 0.29) is 12.0 Å². The van der Waals surface area contributed by atoms with Crippen LogP contribution in [0.3, 0.4) is 0 Å². The van der Waals surface area contributed by atoms with Crippen LogP contribution in [-0.2, 0) is 4.79 Å². The van der Waals surface area contributed by atoms with Gasteiger partial charge in [-0.2, -0.15) is 13.2 Å². The van der Waals surface area contributed by atoms with Crippen LogP contribution in [0.15, 0.2) is 0 Å². The van der Waals surface area contributed by atoms with Gasteiger partial charge in [-0.3, -0.25) is 4.79 Å². The quantitative estimate of drug-likeness (QED) is 0.771. The molecule has 0 aliphatic heterocycles. The number of hydrogen-bond acceptors (Lipinski definition) is 1. The second-order valence-corrected chi connectivity index (χ2v) is 4.68. The molecule has 0 aromatic rings. The van der Waals surface area contributed by atoms with Crippen LogP contribution in [0.2, 0.25) is 0 Å². The molecule has 16 heavy (non-hydrogen) atoms. The van der Waals surface area contributed by atoms with E-state index >= 15 is 0 Å². The van der Waals surface area contributed by atoms with Crippen molar-refractivity contribution in [3.63, 3.8) is 0 Å². The smallest absolute Gasteiger partial charge is 0.355 e. The molecule has 0 unspecified atom stereocenters. The first kappa shape index (κ1) is 13.6. The fraction of sp³-hybridized carbons (Fsp3) is 0.900. The van der Waals surface area contributed by atoms with Crippen molar-refractivity contribution in [1.82, 2.24) is 5.32 Å². The number of rotatable bonds is 4. The molecule has 1 amide bonds. The number of amides is 1. The molecular weight excluding hydrogens is 243 g/mol. The normalized spacial score (nSPS) is 19.8. The topological polar surface area (TPSA) is 29.1 Å². The summed E-state index contributed by atoms with van der Waals surface area (Å²) in [6.07, 6.45) is -2.03. The highest BCUT2D eigenvalue weighted by molar-refractivity contribution is 6.18. The molecule has 0 aromatic heterocycles. The molecule has 1 aliphatic carbocycles. The van der Waals surface area contributed by atoms with Crippen molar-refractivity contribution in [3.8, 4) is 0 Å². The maximum Gasteiger partial charge on any atom is 0.397 e. The minimum Gasteiger partial charge on any atom is -0.355 e. The molecule has 1 N–H and O–H groups in total. The highest BCUT2D eigenvalue weighted by atomic mass is 35.5. The first-order valence-electron chi connectivity index (χ1n) is 5.26. The molecule has 0 aromatic carbocycles. The Labute approximate surface area is 97.5 Å². The van der Waals surface area contributed by atoms with Crippen molar-refractivity contribution in [3.05, 3.63) is 0 Å². The van der Waals surface area contributed by atoms with Gasteiger partial charge in [-0.25, -0.2) is 0 Å². The fourth-order valence-corrected chi connectivity index (χ4v) is 2.38. The lowest BCUT2D eigenvalue weighted by Gasteiger charge is -2.26. The van der Waals surface area contributed by atoms with Crippen molar-refractivity contribution in [2.45, 2.75) is 38.3 Å². The van der Waals surface area contributed by atoms with E-state index in [0.29, 0.717) is 5.88 Å². The number of halogens is 4. The number of nitrogens with one attached hydrogen (secondary N) is 1. The van der Waals surface area contributed by atoms with Crippen molar-refractivity contribution < 1.29 is 18.0 Å². The maximum atomic E-state index is 11.9. The molecule has 0 atom stereocenters. The summed E-state index contributed by atoms with van der Waals surface area (Å²) in [7, 11) is 0. The molecule has 1 rings (SSSR count).